The number of ketones is 1. The number of hydrogen-bond donors (Lipinski definition) is 0. The van der Waals surface area contributed by atoms with E-state index in [1.165, 1.54) is 0 Å². The number of nitrogens with zero attached hydrogens (tertiary/aromatic N) is 2. The number of benzene rings is 1. The van der Waals surface area contributed by atoms with Gasteiger partial charge in [-0.25, -0.2) is 4.68 Å². The number of aromatic nitrogens is 1. The van der Waals surface area contributed by atoms with Crippen LogP contribution in [0.4, 0.5) is 0 Å². The zero-order valence-corrected chi connectivity index (χ0v) is 9.36. The average Bonchev–Trinajstić information content (AvgIpc) is 2.57. The van der Waals surface area contributed by atoms with Gasteiger partial charge in [-0.3, -0.25) is 4.79 Å². The standard InChI is InChI=1S/C11H7BrN2O/c12-8-1-2-9-7(5-8)6-10-11(15)3-4-13-14(9)10/h1-2,4-6H,3H2. The van der Waals surface area contributed by atoms with Crippen molar-refractivity contribution < 1.29 is 4.79 Å². The molecule has 74 valence electrons. The first kappa shape index (κ1) is 8.85. The fraction of sp³-hybridized carbons (Fsp3) is 0.0909. The molecule has 1 aliphatic rings. The summed E-state index contributed by atoms with van der Waals surface area (Å²) >= 11 is 3.41. The summed E-state index contributed by atoms with van der Waals surface area (Å²) in [7, 11) is 0. The first-order valence-electron chi connectivity index (χ1n) is 4.63. The predicted molar refractivity (Wildman–Crippen MR) is 62.5 cm³/mol. The average molecular weight is 263 g/mol. The molecule has 0 unspecified atom stereocenters. The molecule has 2 heterocycles. The normalized spacial score (nSPS) is 14.6. The minimum atomic E-state index is 0.123. The van der Waals surface area contributed by atoms with Gasteiger partial charge in [0, 0.05) is 22.5 Å². The lowest BCUT2D eigenvalue weighted by molar-refractivity contribution is 0.0990. The van der Waals surface area contributed by atoms with E-state index in [0.717, 1.165) is 15.4 Å². The number of hydrogen-bond acceptors (Lipinski definition) is 2. The zero-order valence-electron chi connectivity index (χ0n) is 7.77. The molecule has 0 atom stereocenters. The van der Waals surface area contributed by atoms with Crippen LogP contribution < -0.4 is 0 Å². The highest BCUT2D eigenvalue weighted by Crippen LogP contribution is 2.25. The second kappa shape index (κ2) is 3.03. The molecule has 0 saturated heterocycles. The summed E-state index contributed by atoms with van der Waals surface area (Å²) < 4.78 is 2.71. The first-order valence-corrected chi connectivity index (χ1v) is 5.42. The molecule has 0 saturated carbocycles. The van der Waals surface area contributed by atoms with Crippen LogP contribution in [0.25, 0.3) is 10.9 Å². The zero-order chi connectivity index (χ0) is 10.4. The molecule has 0 N–H and O–H groups in total. The lowest BCUT2D eigenvalue weighted by atomic mass is 10.2. The van der Waals surface area contributed by atoms with Gasteiger partial charge in [0.1, 0.15) is 5.69 Å². The van der Waals surface area contributed by atoms with Crippen LogP contribution in [0.2, 0.25) is 0 Å². The van der Waals surface area contributed by atoms with Crippen LogP contribution in [0.5, 0.6) is 0 Å². The van der Waals surface area contributed by atoms with Gasteiger partial charge in [0.05, 0.1) is 5.52 Å². The molecule has 0 bridgehead atoms. The summed E-state index contributed by atoms with van der Waals surface area (Å²) in [6.07, 6.45) is 2.05. The molecule has 0 amide bonds. The maximum atomic E-state index is 11.6. The van der Waals surface area contributed by atoms with Crippen molar-refractivity contribution in [1.82, 2.24) is 4.68 Å². The van der Waals surface area contributed by atoms with Gasteiger partial charge in [0.25, 0.3) is 0 Å². The van der Waals surface area contributed by atoms with Crippen molar-refractivity contribution in [3.8, 4) is 0 Å². The van der Waals surface area contributed by atoms with Crippen LogP contribution in [-0.2, 0) is 0 Å². The Bertz CT molecular complexity index is 598. The lowest BCUT2D eigenvalue weighted by Crippen LogP contribution is -2.11. The van der Waals surface area contributed by atoms with Crippen molar-refractivity contribution in [2.75, 3.05) is 0 Å². The van der Waals surface area contributed by atoms with Gasteiger partial charge in [-0.05, 0) is 24.3 Å². The Morgan fingerprint density at radius 2 is 2.20 bits per heavy atom. The molecular weight excluding hydrogens is 256 g/mol. The molecule has 4 heteroatoms. The number of Topliss-reactive ketones (excluding diaryl/α,β-unsaturated/α-hetero) is 1. The van der Waals surface area contributed by atoms with Crippen LogP contribution in [-0.4, -0.2) is 16.7 Å². The van der Waals surface area contributed by atoms with Gasteiger partial charge in [0.2, 0.25) is 0 Å². The molecule has 0 fully saturated rings. The van der Waals surface area contributed by atoms with E-state index in [4.69, 9.17) is 0 Å². The Morgan fingerprint density at radius 3 is 3.07 bits per heavy atom. The third kappa shape index (κ3) is 1.25. The number of rotatable bonds is 0. The summed E-state index contributed by atoms with van der Waals surface area (Å²) in [6, 6.07) is 7.78. The topological polar surface area (TPSA) is 34.4 Å². The Balaban J connectivity index is 2.41. The third-order valence-corrected chi connectivity index (χ3v) is 2.99. The SMILES string of the molecule is O=C1CC=Nn2c1cc1cc(Br)ccc12. The minimum absolute atomic E-state index is 0.123. The van der Waals surface area contributed by atoms with Crippen molar-refractivity contribution in [2.45, 2.75) is 6.42 Å². The molecule has 0 radical (unpaired) electrons. The van der Waals surface area contributed by atoms with Crippen molar-refractivity contribution in [3.63, 3.8) is 0 Å². The van der Waals surface area contributed by atoms with Crippen LogP contribution in [0.3, 0.4) is 0 Å². The largest absolute Gasteiger partial charge is 0.292 e. The Labute approximate surface area is 94.5 Å². The number of fused-ring (bicyclic) bond motifs is 3. The molecule has 1 aromatic heterocycles. The molecule has 1 aromatic carbocycles. The maximum absolute atomic E-state index is 11.6. The van der Waals surface area contributed by atoms with Crippen LogP contribution in [0.1, 0.15) is 16.9 Å². The predicted octanol–water partition coefficient (Wildman–Crippen LogP) is 2.82. The molecule has 0 aliphatic carbocycles. The number of carbonyl (C=O) groups excluding carboxylic acids is 1. The van der Waals surface area contributed by atoms with Gasteiger partial charge in [-0.1, -0.05) is 15.9 Å². The fourth-order valence-electron chi connectivity index (χ4n) is 1.81. The summed E-state index contributed by atoms with van der Waals surface area (Å²) in [5.74, 6) is 0.123. The van der Waals surface area contributed by atoms with Gasteiger partial charge >= 0.3 is 0 Å². The molecule has 3 rings (SSSR count). The van der Waals surface area contributed by atoms with E-state index in [0.29, 0.717) is 12.1 Å². The molecule has 1 aliphatic heterocycles. The van der Waals surface area contributed by atoms with E-state index in [-0.39, 0.29) is 5.78 Å². The van der Waals surface area contributed by atoms with Crippen LogP contribution in [0, 0.1) is 0 Å². The smallest absolute Gasteiger partial charge is 0.186 e. The second-order valence-corrected chi connectivity index (χ2v) is 4.39. The maximum Gasteiger partial charge on any atom is 0.186 e. The quantitative estimate of drug-likeness (QED) is 0.719. The molecule has 3 nitrogen and oxygen atoms in total. The van der Waals surface area contributed by atoms with Crippen molar-refractivity contribution in [2.24, 2.45) is 5.10 Å². The summed E-state index contributed by atoms with van der Waals surface area (Å²) in [4.78, 5) is 11.6. The number of halogens is 1. The molecule has 15 heavy (non-hydrogen) atoms. The van der Waals surface area contributed by atoms with Crippen LogP contribution >= 0.6 is 15.9 Å². The Morgan fingerprint density at radius 1 is 1.33 bits per heavy atom. The second-order valence-electron chi connectivity index (χ2n) is 3.47. The molecular formula is C11H7BrN2O. The highest BCUT2D eigenvalue weighted by Gasteiger charge is 2.17. The van der Waals surface area contributed by atoms with E-state index < -0.39 is 0 Å². The summed E-state index contributed by atoms with van der Waals surface area (Å²) in [5.41, 5.74) is 1.64. The highest BCUT2D eigenvalue weighted by molar-refractivity contribution is 9.10. The monoisotopic (exact) mass is 262 g/mol. The van der Waals surface area contributed by atoms with Crippen molar-refractivity contribution in [3.05, 3.63) is 34.4 Å². The lowest BCUT2D eigenvalue weighted by Gasteiger charge is -2.06. The molecule has 2 aromatic rings. The van der Waals surface area contributed by atoms with Crippen molar-refractivity contribution >= 4 is 38.8 Å². The van der Waals surface area contributed by atoms with E-state index in [2.05, 4.69) is 21.0 Å². The highest BCUT2D eigenvalue weighted by atomic mass is 79.9. The van der Waals surface area contributed by atoms with Crippen LogP contribution in [0.15, 0.2) is 33.8 Å². The molecule has 0 spiro atoms. The number of carbonyl (C=O) groups is 1. The van der Waals surface area contributed by atoms with Gasteiger partial charge in [-0.15, -0.1) is 0 Å². The van der Waals surface area contributed by atoms with E-state index in [9.17, 15) is 4.79 Å². The first-order chi connectivity index (χ1) is 7.25. The van der Waals surface area contributed by atoms with E-state index in [1.54, 1.807) is 10.9 Å². The Hall–Kier alpha value is -1.42. The van der Waals surface area contributed by atoms with E-state index in [1.807, 2.05) is 24.3 Å². The Kier molecular flexibility index (Phi) is 1.79. The van der Waals surface area contributed by atoms with Gasteiger partial charge in [0.15, 0.2) is 5.78 Å². The van der Waals surface area contributed by atoms with Crippen molar-refractivity contribution in [1.29, 1.82) is 0 Å². The van der Waals surface area contributed by atoms with Gasteiger partial charge in [-0.2, -0.15) is 5.10 Å². The summed E-state index contributed by atoms with van der Waals surface area (Å²) in [6.45, 7) is 0. The minimum Gasteiger partial charge on any atom is -0.292 e. The third-order valence-electron chi connectivity index (χ3n) is 2.50. The fourth-order valence-corrected chi connectivity index (χ4v) is 2.18. The summed E-state index contributed by atoms with van der Waals surface area (Å²) in [5, 5.41) is 5.25. The van der Waals surface area contributed by atoms with Gasteiger partial charge < -0.3 is 0 Å². The van der Waals surface area contributed by atoms with E-state index >= 15 is 0 Å².